The van der Waals surface area contributed by atoms with Gasteiger partial charge in [0.25, 0.3) is 0 Å². The molecule has 1 heterocycles. The summed E-state index contributed by atoms with van der Waals surface area (Å²) in [6.07, 6.45) is 7.73. The highest BCUT2D eigenvalue weighted by molar-refractivity contribution is 5.04. The molecule has 1 aliphatic carbocycles. The molecule has 0 bridgehead atoms. The first-order valence-corrected chi connectivity index (χ1v) is 6.45. The largest absolute Gasteiger partial charge is 0.394 e. The van der Waals surface area contributed by atoms with Gasteiger partial charge in [-0.25, -0.2) is 0 Å². The molecular weight excluding hydrogens is 214 g/mol. The summed E-state index contributed by atoms with van der Waals surface area (Å²) < 4.78 is 1.79. The second-order valence-electron chi connectivity index (χ2n) is 5.82. The van der Waals surface area contributed by atoms with Crippen molar-refractivity contribution in [2.45, 2.75) is 52.2 Å². The van der Waals surface area contributed by atoms with Gasteiger partial charge in [0, 0.05) is 24.3 Å². The Morgan fingerprint density at radius 2 is 2.41 bits per heavy atom. The smallest absolute Gasteiger partial charge is 0.0640 e. The molecule has 0 spiro atoms. The van der Waals surface area contributed by atoms with Crippen LogP contribution in [0.2, 0.25) is 0 Å². The molecule has 1 atom stereocenters. The van der Waals surface area contributed by atoms with Gasteiger partial charge in [0.15, 0.2) is 0 Å². The molecule has 0 amide bonds. The van der Waals surface area contributed by atoms with Crippen molar-refractivity contribution >= 4 is 0 Å². The van der Waals surface area contributed by atoms with Crippen molar-refractivity contribution in [3.63, 3.8) is 0 Å². The topological polar surface area (TPSA) is 50.1 Å². The predicted octanol–water partition coefficient (Wildman–Crippen LogP) is 1.54. The molecule has 1 unspecified atom stereocenters. The molecule has 4 nitrogen and oxygen atoms in total. The third-order valence-corrected chi connectivity index (χ3v) is 3.58. The van der Waals surface area contributed by atoms with Crippen molar-refractivity contribution in [3.8, 4) is 0 Å². The van der Waals surface area contributed by atoms with Crippen molar-refractivity contribution in [3.05, 3.63) is 18.0 Å². The highest BCUT2D eigenvalue weighted by Crippen LogP contribution is 2.36. The third kappa shape index (κ3) is 3.54. The van der Waals surface area contributed by atoms with E-state index in [9.17, 15) is 0 Å². The van der Waals surface area contributed by atoms with E-state index in [0.29, 0.717) is 18.0 Å². The van der Waals surface area contributed by atoms with E-state index < -0.39 is 0 Å². The van der Waals surface area contributed by atoms with Gasteiger partial charge in [0.1, 0.15) is 0 Å². The maximum Gasteiger partial charge on any atom is 0.0640 e. The average Bonchev–Trinajstić information content (AvgIpc) is 2.83. The lowest BCUT2D eigenvalue weighted by molar-refractivity contribution is 0.269. The summed E-state index contributed by atoms with van der Waals surface area (Å²) in [5, 5.41) is 16.6. The Kier molecular flexibility index (Phi) is 3.84. The van der Waals surface area contributed by atoms with Crippen LogP contribution in [0.25, 0.3) is 0 Å². The monoisotopic (exact) mass is 237 g/mol. The van der Waals surface area contributed by atoms with E-state index in [2.05, 4.69) is 24.3 Å². The van der Waals surface area contributed by atoms with Gasteiger partial charge in [-0.3, -0.25) is 4.68 Å². The highest BCUT2D eigenvalue weighted by atomic mass is 16.3. The summed E-state index contributed by atoms with van der Waals surface area (Å²) in [6, 6.07) is 0.645. The van der Waals surface area contributed by atoms with Crippen LogP contribution in [-0.2, 0) is 13.1 Å². The van der Waals surface area contributed by atoms with E-state index in [4.69, 9.17) is 5.11 Å². The first-order chi connectivity index (χ1) is 8.09. The molecule has 1 aliphatic rings. The Balaban J connectivity index is 1.78. The lowest BCUT2D eigenvalue weighted by Crippen LogP contribution is -2.26. The standard InChI is InChI=1S/C13H23N3O/c1-13(2)4-3-12(7-13)14-8-11-9-15-16(10-11)5-6-17/h9-10,12,14,17H,3-8H2,1-2H3. The second kappa shape index (κ2) is 5.19. The Hall–Kier alpha value is -0.870. The van der Waals surface area contributed by atoms with Crippen LogP contribution in [0, 0.1) is 5.41 Å². The normalized spacial score (nSPS) is 23.1. The van der Waals surface area contributed by atoms with Crippen LogP contribution in [-0.4, -0.2) is 27.5 Å². The molecule has 0 aromatic carbocycles. The van der Waals surface area contributed by atoms with Crippen LogP contribution in [0.4, 0.5) is 0 Å². The number of hydrogen-bond donors (Lipinski definition) is 2. The number of rotatable bonds is 5. The van der Waals surface area contributed by atoms with Crippen LogP contribution in [0.5, 0.6) is 0 Å². The van der Waals surface area contributed by atoms with Gasteiger partial charge in [-0.2, -0.15) is 5.10 Å². The summed E-state index contributed by atoms with van der Waals surface area (Å²) in [6.45, 7) is 6.29. The van der Waals surface area contributed by atoms with Gasteiger partial charge >= 0.3 is 0 Å². The molecule has 96 valence electrons. The fourth-order valence-electron chi connectivity index (χ4n) is 2.59. The van der Waals surface area contributed by atoms with E-state index in [1.165, 1.54) is 24.8 Å². The quantitative estimate of drug-likeness (QED) is 0.817. The summed E-state index contributed by atoms with van der Waals surface area (Å²) in [5.41, 5.74) is 1.70. The fourth-order valence-corrected chi connectivity index (χ4v) is 2.59. The Morgan fingerprint density at radius 3 is 3.06 bits per heavy atom. The maximum atomic E-state index is 8.81. The summed E-state index contributed by atoms with van der Waals surface area (Å²) in [7, 11) is 0. The Labute approximate surface area is 103 Å². The van der Waals surface area contributed by atoms with Crippen molar-refractivity contribution < 1.29 is 5.11 Å². The van der Waals surface area contributed by atoms with Crippen LogP contribution in [0.3, 0.4) is 0 Å². The molecule has 4 heteroatoms. The van der Waals surface area contributed by atoms with E-state index in [-0.39, 0.29) is 6.61 Å². The Morgan fingerprint density at radius 1 is 1.59 bits per heavy atom. The zero-order valence-electron chi connectivity index (χ0n) is 10.8. The molecule has 1 fully saturated rings. The van der Waals surface area contributed by atoms with Crippen LogP contribution in [0.1, 0.15) is 38.7 Å². The minimum atomic E-state index is 0.144. The fraction of sp³-hybridized carbons (Fsp3) is 0.769. The molecular formula is C13H23N3O. The van der Waals surface area contributed by atoms with Gasteiger partial charge in [-0.05, 0) is 24.7 Å². The van der Waals surface area contributed by atoms with Gasteiger partial charge in [-0.1, -0.05) is 13.8 Å². The molecule has 0 aliphatic heterocycles. The molecule has 17 heavy (non-hydrogen) atoms. The summed E-state index contributed by atoms with van der Waals surface area (Å²) >= 11 is 0. The Bertz CT molecular complexity index is 359. The second-order valence-corrected chi connectivity index (χ2v) is 5.82. The van der Waals surface area contributed by atoms with E-state index >= 15 is 0 Å². The minimum absolute atomic E-state index is 0.144. The zero-order valence-corrected chi connectivity index (χ0v) is 10.8. The molecule has 0 saturated heterocycles. The number of nitrogens with zero attached hydrogens (tertiary/aromatic N) is 2. The molecule has 1 aromatic rings. The van der Waals surface area contributed by atoms with E-state index in [0.717, 1.165) is 6.54 Å². The zero-order chi connectivity index (χ0) is 12.3. The summed E-state index contributed by atoms with van der Waals surface area (Å²) in [4.78, 5) is 0. The van der Waals surface area contributed by atoms with Gasteiger partial charge in [-0.15, -0.1) is 0 Å². The maximum absolute atomic E-state index is 8.81. The number of hydrogen-bond acceptors (Lipinski definition) is 3. The van der Waals surface area contributed by atoms with Crippen molar-refractivity contribution in [2.24, 2.45) is 5.41 Å². The molecule has 1 aromatic heterocycles. The van der Waals surface area contributed by atoms with Crippen LogP contribution >= 0.6 is 0 Å². The molecule has 1 saturated carbocycles. The van der Waals surface area contributed by atoms with Gasteiger partial charge in [0.05, 0.1) is 19.3 Å². The first-order valence-electron chi connectivity index (χ1n) is 6.45. The molecule has 0 radical (unpaired) electrons. The summed E-state index contributed by atoms with van der Waals surface area (Å²) in [5.74, 6) is 0. The highest BCUT2D eigenvalue weighted by Gasteiger charge is 2.30. The number of aliphatic hydroxyl groups is 1. The number of nitrogens with one attached hydrogen (secondary N) is 1. The van der Waals surface area contributed by atoms with Crippen molar-refractivity contribution in [1.82, 2.24) is 15.1 Å². The lowest BCUT2D eigenvalue weighted by Gasteiger charge is -2.17. The van der Waals surface area contributed by atoms with Crippen LogP contribution in [0.15, 0.2) is 12.4 Å². The average molecular weight is 237 g/mol. The third-order valence-electron chi connectivity index (χ3n) is 3.58. The van der Waals surface area contributed by atoms with Crippen molar-refractivity contribution in [1.29, 1.82) is 0 Å². The SMILES string of the molecule is CC1(C)CCC(NCc2cnn(CCO)c2)C1. The lowest BCUT2D eigenvalue weighted by atomic mass is 9.92. The van der Waals surface area contributed by atoms with Crippen molar-refractivity contribution in [2.75, 3.05) is 6.61 Å². The minimum Gasteiger partial charge on any atom is -0.394 e. The number of aliphatic hydroxyl groups excluding tert-OH is 1. The van der Waals surface area contributed by atoms with Gasteiger partial charge in [0.2, 0.25) is 0 Å². The van der Waals surface area contributed by atoms with Crippen LogP contribution < -0.4 is 5.32 Å². The first kappa shape index (κ1) is 12.6. The molecule has 2 rings (SSSR count). The van der Waals surface area contributed by atoms with Gasteiger partial charge < -0.3 is 10.4 Å². The van der Waals surface area contributed by atoms with E-state index in [1.54, 1.807) is 4.68 Å². The van der Waals surface area contributed by atoms with E-state index in [1.807, 2.05) is 12.4 Å². The molecule has 2 N–H and O–H groups in total. The number of aromatic nitrogens is 2. The predicted molar refractivity (Wildman–Crippen MR) is 67.6 cm³/mol.